The molecule has 1 aromatic heterocycles. The zero-order chi connectivity index (χ0) is 15.2. The molecule has 4 rings (SSSR count). The first kappa shape index (κ1) is 13.5. The lowest BCUT2D eigenvalue weighted by atomic mass is 9.93. The number of thiophene rings is 1. The van der Waals surface area contributed by atoms with Crippen LogP contribution < -0.4 is 0 Å². The van der Waals surface area contributed by atoms with Gasteiger partial charge >= 0.3 is 0 Å². The summed E-state index contributed by atoms with van der Waals surface area (Å²) in [6.07, 6.45) is 11.1. The van der Waals surface area contributed by atoms with E-state index in [0.29, 0.717) is 0 Å². The molecule has 2 aromatic carbocycles. The summed E-state index contributed by atoms with van der Waals surface area (Å²) in [4.78, 5) is 0. The number of benzene rings is 2. The molecule has 22 heavy (non-hydrogen) atoms. The van der Waals surface area contributed by atoms with Gasteiger partial charge in [-0.3, -0.25) is 0 Å². The molecular formula is C21H18S. The summed E-state index contributed by atoms with van der Waals surface area (Å²) in [7, 11) is 0. The summed E-state index contributed by atoms with van der Waals surface area (Å²) in [6.45, 7) is 4.46. The zero-order valence-electron chi connectivity index (χ0n) is 12.8. The third kappa shape index (κ3) is 2.32. The van der Waals surface area contributed by atoms with Crippen LogP contribution in [0.1, 0.15) is 19.4 Å². The highest BCUT2D eigenvalue weighted by molar-refractivity contribution is 7.25. The average Bonchev–Trinajstić information content (AvgIpc) is 2.77. The van der Waals surface area contributed by atoms with Crippen LogP contribution in [0.15, 0.2) is 72.8 Å². The average molecular weight is 302 g/mol. The molecule has 1 heteroatoms. The highest BCUT2D eigenvalue weighted by Crippen LogP contribution is 2.36. The molecule has 0 nitrogen and oxygen atoms in total. The Labute approximate surface area is 135 Å². The van der Waals surface area contributed by atoms with Crippen molar-refractivity contribution in [2.75, 3.05) is 0 Å². The molecule has 0 amide bonds. The maximum Gasteiger partial charge on any atom is 0.0361 e. The van der Waals surface area contributed by atoms with E-state index < -0.39 is 0 Å². The first-order chi connectivity index (χ1) is 10.6. The molecule has 0 unspecified atom stereocenters. The number of rotatable bonds is 1. The van der Waals surface area contributed by atoms with Crippen LogP contribution in [-0.2, 0) is 0 Å². The van der Waals surface area contributed by atoms with Gasteiger partial charge in [0.1, 0.15) is 0 Å². The molecule has 3 aromatic rings. The van der Waals surface area contributed by atoms with Crippen molar-refractivity contribution < 1.29 is 0 Å². The molecule has 0 atom stereocenters. The van der Waals surface area contributed by atoms with Crippen LogP contribution in [0, 0.1) is 5.41 Å². The number of hydrogen-bond acceptors (Lipinski definition) is 1. The minimum absolute atomic E-state index is 0.125. The van der Waals surface area contributed by atoms with Gasteiger partial charge in [-0.15, -0.1) is 11.3 Å². The van der Waals surface area contributed by atoms with E-state index in [-0.39, 0.29) is 5.41 Å². The number of allylic oxidation sites excluding steroid dienone is 6. The smallest absolute Gasteiger partial charge is 0.0361 e. The molecule has 0 bridgehead atoms. The van der Waals surface area contributed by atoms with E-state index in [1.807, 2.05) is 11.3 Å². The van der Waals surface area contributed by atoms with Crippen LogP contribution in [-0.4, -0.2) is 0 Å². The predicted octanol–water partition coefficient (Wildman–Crippen LogP) is 6.59. The Balaban J connectivity index is 1.85. The standard InChI is InChI=1S/C21H18S/c1-21(2)12-5-6-15(11-13-21)16-9-10-18-17-7-3-4-8-19(17)22-20(18)14-16/h3-14H,1-2H3. The zero-order valence-corrected chi connectivity index (χ0v) is 13.7. The molecule has 0 aliphatic heterocycles. The molecule has 0 saturated carbocycles. The van der Waals surface area contributed by atoms with Gasteiger partial charge in [0.25, 0.3) is 0 Å². The van der Waals surface area contributed by atoms with Crippen LogP contribution in [0.4, 0.5) is 0 Å². The Morgan fingerprint density at radius 3 is 2.59 bits per heavy atom. The van der Waals surface area contributed by atoms with Crippen molar-refractivity contribution in [3.05, 3.63) is 78.4 Å². The molecular weight excluding hydrogens is 284 g/mol. The van der Waals surface area contributed by atoms with Crippen molar-refractivity contribution in [2.24, 2.45) is 5.41 Å². The maximum atomic E-state index is 2.32. The fraction of sp³-hybridized carbons (Fsp3) is 0.143. The molecule has 0 N–H and O–H groups in total. The van der Waals surface area contributed by atoms with Gasteiger partial charge in [-0.1, -0.05) is 74.6 Å². The third-order valence-electron chi connectivity index (χ3n) is 4.21. The topological polar surface area (TPSA) is 0 Å². The fourth-order valence-corrected chi connectivity index (χ4v) is 4.06. The van der Waals surface area contributed by atoms with Crippen molar-refractivity contribution in [2.45, 2.75) is 13.8 Å². The van der Waals surface area contributed by atoms with Gasteiger partial charge < -0.3 is 0 Å². The van der Waals surface area contributed by atoms with E-state index in [0.717, 1.165) is 0 Å². The summed E-state index contributed by atoms with van der Waals surface area (Å²) in [5.41, 5.74) is 2.69. The second kappa shape index (κ2) is 4.96. The minimum Gasteiger partial charge on any atom is -0.135 e. The van der Waals surface area contributed by atoms with Crippen molar-refractivity contribution in [3.8, 4) is 0 Å². The largest absolute Gasteiger partial charge is 0.135 e. The molecule has 0 spiro atoms. The van der Waals surface area contributed by atoms with E-state index in [1.54, 1.807) is 0 Å². The Hall–Kier alpha value is -2.12. The lowest BCUT2D eigenvalue weighted by molar-refractivity contribution is 0.627. The first-order valence-electron chi connectivity index (χ1n) is 7.63. The van der Waals surface area contributed by atoms with Crippen molar-refractivity contribution in [3.63, 3.8) is 0 Å². The Bertz CT molecular complexity index is 948. The van der Waals surface area contributed by atoms with Crippen molar-refractivity contribution in [1.82, 2.24) is 0 Å². The normalized spacial score (nSPS) is 16.9. The minimum atomic E-state index is 0.125. The maximum absolute atomic E-state index is 2.32. The highest BCUT2D eigenvalue weighted by atomic mass is 32.1. The van der Waals surface area contributed by atoms with E-state index in [4.69, 9.17) is 0 Å². The van der Waals surface area contributed by atoms with E-state index in [2.05, 4.69) is 86.7 Å². The van der Waals surface area contributed by atoms with Gasteiger partial charge in [0.15, 0.2) is 0 Å². The molecule has 0 fully saturated rings. The molecule has 1 heterocycles. The number of fused-ring (bicyclic) bond motifs is 3. The molecule has 1 aliphatic carbocycles. The second-order valence-corrected chi connectivity index (χ2v) is 7.53. The Morgan fingerprint density at radius 1 is 0.864 bits per heavy atom. The van der Waals surface area contributed by atoms with E-state index in [1.165, 1.54) is 31.3 Å². The van der Waals surface area contributed by atoms with Crippen molar-refractivity contribution >= 4 is 37.1 Å². The van der Waals surface area contributed by atoms with E-state index in [9.17, 15) is 0 Å². The van der Waals surface area contributed by atoms with Gasteiger partial charge in [0, 0.05) is 25.6 Å². The molecule has 0 saturated heterocycles. The SMILES string of the molecule is CC1(C)C=CC=C(c2ccc3c(c2)sc2ccccc23)C=C1. The predicted molar refractivity (Wildman–Crippen MR) is 99.4 cm³/mol. The lowest BCUT2D eigenvalue weighted by Gasteiger charge is -2.12. The van der Waals surface area contributed by atoms with E-state index >= 15 is 0 Å². The van der Waals surface area contributed by atoms with Crippen LogP contribution in [0.5, 0.6) is 0 Å². The van der Waals surface area contributed by atoms with Gasteiger partial charge in [0.05, 0.1) is 0 Å². The van der Waals surface area contributed by atoms with Crippen LogP contribution in [0.25, 0.3) is 25.7 Å². The van der Waals surface area contributed by atoms with Gasteiger partial charge in [-0.05, 0) is 23.3 Å². The van der Waals surface area contributed by atoms with Gasteiger partial charge in [-0.2, -0.15) is 0 Å². The lowest BCUT2D eigenvalue weighted by Crippen LogP contribution is -2.00. The summed E-state index contributed by atoms with van der Waals surface area (Å²) in [5, 5.41) is 2.72. The Morgan fingerprint density at radius 2 is 1.68 bits per heavy atom. The first-order valence-corrected chi connectivity index (χ1v) is 8.44. The molecule has 1 aliphatic rings. The summed E-state index contributed by atoms with van der Waals surface area (Å²) >= 11 is 1.88. The monoisotopic (exact) mass is 302 g/mol. The quantitative estimate of drug-likeness (QED) is 0.475. The summed E-state index contributed by atoms with van der Waals surface area (Å²) < 4.78 is 2.72. The number of hydrogen-bond donors (Lipinski definition) is 0. The highest BCUT2D eigenvalue weighted by Gasteiger charge is 2.12. The van der Waals surface area contributed by atoms with Crippen molar-refractivity contribution in [1.29, 1.82) is 0 Å². The summed E-state index contributed by atoms with van der Waals surface area (Å²) in [6, 6.07) is 15.5. The van der Waals surface area contributed by atoms with Gasteiger partial charge in [-0.25, -0.2) is 0 Å². The van der Waals surface area contributed by atoms with Crippen LogP contribution >= 0.6 is 11.3 Å². The molecule has 108 valence electrons. The third-order valence-corrected chi connectivity index (χ3v) is 5.34. The fourth-order valence-electron chi connectivity index (χ4n) is 2.91. The Kier molecular flexibility index (Phi) is 3.05. The molecule has 0 radical (unpaired) electrons. The second-order valence-electron chi connectivity index (χ2n) is 6.44. The van der Waals surface area contributed by atoms with Crippen LogP contribution in [0.3, 0.4) is 0 Å². The van der Waals surface area contributed by atoms with Gasteiger partial charge in [0.2, 0.25) is 0 Å². The van der Waals surface area contributed by atoms with Crippen LogP contribution in [0.2, 0.25) is 0 Å². The summed E-state index contributed by atoms with van der Waals surface area (Å²) in [5.74, 6) is 0.